The van der Waals surface area contributed by atoms with Crippen molar-refractivity contribution in [2.75, 3.05) is 18.4 Å². The number of imidazole rings is 1. The Labute approximate surface area is 188 Å². The Hall–Kier alpha value is -3.38. The molecule has 1 amide bonds. The summed E-state index contributed by atoms with van der Waals surface area (Å²) in [6.45, 7) is 4.64. The number of carbonyl (C=O) groups is 1. The van der Waals surface area contributed by atoms with E-state index in [0.717, 1.165) is 60.8 Å². The topological polar surface area (TPSA) is 66.0 Å². The van der Waals surface area contributed by atoms with Crippen LogP contribution in [0.15, 0.2) is 60.8 Å². The molecular weight excluding hydrogens is 398 g/mol. The van der Waals surface area contributed by atoms with Crippen molar-refractivity contribution in [3.8, 4) is 11.3 Å². The van der Waals surface area contributed by atoms with Crippen molar-refractivity contribution in [2.24, 2.45) is 13.0 Å². The highest BCUT2D eigenvalue weighted by Gasteiger charge is 2.26. The van der Waals surface area contributed by atoms with Gasteiger partial charge in [0.25, 0.3) is 0 Å². The van der Waals surface area contributed by atoms with Crippen LogP contribution in [0.1, 0.15) is 24.4 Å². The molecule has 0 spiro atoms. The lowest BCUT2D eigenvalue weighted by atomic mass is 9.96. The lowest BCUT2D eigenvalue weighted by Crippen LogP contribution is -2.40. The third kappa shape index (κ3) is 4.18. The molecule has 1 unspecified atom stereocenters. The second-order valence-electron chi connectivity index (χ2n) is 8.77. The molecule has 5 rings (SSSR count). The number of carbonyl (C=O) groups excluding carboxylic acids is 1. The molecule has 4 aromatic rings. The van der Waals surface area contributed by atoms with Crippen LogP contribution in [-0.4, -0.2) is 38.4 Å². The summed E-state index contributed by atoms with van der Waals surface area (Å²) in [5.74, 6) is 1.11. The second-order valence-corrected chi connectivity index (χ2v) is 8.77. The molecule has 164 valence electrons. The van der Waals surface area contributed by atoms with Crippen LogP contribution in [0.25, 0.3) is 22.2 Å². The molecule has 1 fully saturated rings. The van der Waals surface area contributed by atoms with Crippen molar-refractivity contribution >= 4 is 22.5 Å². The average Bonchev–Trinajstić information content (AvgIpc) is 3.38. The number of aromatic nitrogens is 3. The number of hydrogen-bond donors (Lipinski definition) is 2. The molecule has 0 aliphatic carbocycles. The zero-order valence-electron chi connectivity index (χ0n) is 18.6. The summed E-state index contributed by atoms with van der Waals surface area (Å²) >= 11 is 0. The minimum Gasteiger partial charge on any atom is -0.355 e. The van der Waals surface area contributed by atoms with Gasteiger partial charge in [0.1, 0.15) is 5.82 Å². The third-order valence-corrected chi connectivity index (χ3v) is 6.55. The Bertz CT molecular complexity index is 1220. The first kappa shape index (κ1) is 20.5. The van der Waals surface area contributed by atoms with Gasteiger partial charge >= 0.3 is 0 Å². The summed E-state index contributed by atoms with van der Waals surface area (Å²) < 4.78 is 2.12. The predicted octanol–water partition coefficient (Wildman–Crippen LogP) is 4.73. The maximum atomic E-state index is 13.1. The first-order valence-electron chi connectivity index (χ1n) is 11.3. The number of hydrogen-bond acceptors (Lipinski definition) is 3. The van der Waals surface area contributed by atoms with Gasteiger partial charge in [-0.1, -0.05) is 30.3 Å². The molecule has 1 saturated heterocycles. The van der Waals surface area contributed by atoms with Crippen LogP contribution < -0.4 is 5.32 Å². The number of aryl methyl sites for hydroxylation is 1. The Balaban J connectivity index is 1.26. The van der Waals surface area contributed by atoms with Crippen molar-refractivity contribution in [3.63, 3.8) is 0 Å². The van der Waals surface area contributed by atoms with Gasteiger partial charge in [-0.25, -0.2) is 4.98 Å². The maximum Gasteiger partial charge on any atom is 0.228 e. The molecule has 1 aliphatic rings. The van der Waals surface area contributed by atoms with E-state index in [1.165, 1.54) is 11.1 Å². The highest BCUT2D eigenvalue weighted by atomic mass is 16.1. The zero-order chi connectivity index (χ0) is 22.1. The van der Waals surface area contributed by atoms with E-state index in [9.17, 15) is 4.79 Å². The van der Waals surface area contributed by atoms with Crippen LogP contribution in [0, 0.1) is 12.8 Å². The second kappa shape index (κ2) is 8.63. The van der Waals surface area contributed by atoms with Crippen LogP contribution in [0.4, 0.5) is 5.69 Å². The summed E-state index contributed by atoms with van der Waals surface area (Å²) in [5.41, 5.74) is 5.26. The molecule has 1 atom stereocenters. The van der Waals surface area contributed by atoms with E-state index >= 15 is 0 Å². The number of piperidine rings is 1. The highest BCUT2D eigenvalue weighted by Crippen LogP contribution is 2.27. The quantitative estimate of drug-likeness (QED) is 0.484. The summed E-state index contributed by atoms with van der Waals surface area (Å²) in [4.78, 5) is 23.3. The SMILES string of the molecule is Cc1ncc(CN2CCCC(C(=O)Nc3cccc(-c4cc5ccccc5[nH]4)c3)C2)n1C. The number of likely N-dealkylation sites (tertiary alicyclic amines) is 1. The number of H-pyrrole nitrogens is 1. The number of rotatable bonds is 5. The van der Waals surface area contributed by atoms with Crippen molar-refractivity contribution in [1.29, 1.82) is 0 Å². The van der Waals surface area contributed by atoms with E-state index in [1.54, 1.807) is 0 Å². The van der Waals surface area contributed by atoms with Gasteiger partial charge in [0.15, 0.2) is 0 Å². The minimum atomic E-state index is -0.00481. The molecule has 3 heterocycles. The van der Waals surface area contributed by atoms with E-state index in [4.69, 9.17) is 0 Å². The highest BCUT2D eigenvalue weighted by molar-refractivity contribution is 5.94. The van der Waals surface area contributed by atoms with Gasteiger partial charge in [-0.05, 0) is 50.6 Å². The van der Waals surface area contributed by atoms with E-state index in [1.807, 2.05) is 50.5 Å². The van der Waals surface area contributed by atoms with Gasteiger partial charge in [0.05, 0.1) is 11.6 Å². The van der Waals surface area contributed by atoms with Gasteiger partial charge in [-0.15, -0.1) is 0 Å². The lowest BCUT2D eigenvalue weighted by molar-refractivity contribution is -0.121. The molecule has 0 radical (unpaired) electrons. The molecule has 6 nitrogen and oxygen atoms in total. The largest absolute Gasteiger partial charge is 0.355 e. The minimum absolute atomic E-state index is 0.00481. The number of amides is 1. The number of aromatic amines is 1. The molecule has 2 aromatic heterocycles. The first-order chi connectivity index (χ1) is 15.6. The smallest absolute Gasteiger partial charge is 0.228 e. The zero-order valence-corrected chi connectivity index (χ0v) is 18.6. The maximum absolute atomic E-state index is 13.1. The lowest BCUT2D eigenvalue weighted by Gasteiger charge is -2.32. The normalized spacial score (nSPS) is 17.0. The number of benzene rings is 2. The fraction of sp³-hybridized carbons (Fsp3) is 0.308. The number of fused-ring (bicyclic) bond motifs is 1. The van der Waals surface area contributed by atoms with E-state index < -0.39 is 0 Å². The van der Waals surface area contributed by atoms with Crippen molar-refractivity contribution in [1.82, 2.24) is 19.4 Å². The summed E-state index contributed by atoms with van der Waals surface area (Å²) in [7, 11) is 2.05. The number of nitrogens with zero attached hydrogens (tertiary/aromatic N) is 3. The average molecular weight is 428 g/mol. The standard InChI is InChI=1S/C26H29N5O/c1-18-27-15-23(30(18)2)17-31-12-6-9-21(16-31)26(32)28-22-10-5-8-19(13-22)25-14-20-7-3-4-11-24(20)29-25/h3-5,7-8,10-11,13-15,21,29H,6,9,12,16-17H2,1-2H3,(H,28,32). The molecule has 0 bridgehead atoms. The molecule has 32 heavy (non-hydrogen) atoms. The summed E-state index contributed by atoms with van der Waals surface area (Å²) in [6, 6.07) is 18.5. The Morgan fingerprint density at radius 1 is 1.19 bits per heavy atom. The van der Waals surface area contributed by atoms with Crippen LogP contribution in [0.5, 0.6) is 0 Å². The van der Waals surface area contributed by atoms with Gasteiger partial charge in [-0.2, -0.15) is 0 Å². The summed E-state index contributed by atoms with van der Waals surface area (Å²) in [6.07, 6.45) is 3.90. The molecule has 6 heteroatoms. The van der Waals surface area contributed by atoms with Gasteiger partial charge in [0, 0.05) is 54.2 Å². The van der Waals surface area contributed by atoms with Crippen LogP contribution >= 0.6 is 0 Å². The Kier molecular flexibility index (Phi) is 5.53. The van der Waals surface area contributed by atoms with E-state index in [0.29, 0.717) is 0 Å². The van der Waals surface area contributed by atoms with Gasteiger partial charge in [0.2, 0.25) is 5.91 Å². The molecule has 2 aromatic carbocycles. The van der Waals surface area contributed by atoms with Crippen molar-refractivity contribution < 1.29 is 4.79 Å². The monoisotopic (exact) mass is 427 g/mol. The third-order valence-electron chi connectivity index (χ3n) is 6.55. The van der Waals surface area contributed by atoms with Gasteiger partial charge in [-0.3, -0.25) is 9.69 Å². The molecule has 1 aliphatic heterocycles. The van der Waals surface area contributed by atoms with Crippen molar-refractivity contribution in [2.45, 2.75) is 26.3 Å². The van der Waals surface area contributed by atoms with Crippen LogP contribution in [0.3, 0.4) is 0 Å². The predicted molar refractivity (Wildman–Crippen MR) is 128 cm³/mol. The van der Waals surface area contributed by atoms with Crippen LogP contribution in [0.2, 0.25) is 0 Å². The number of para-hydroxylation sites is 1. The fourth-order valence-electron chi connectivity index (χ4n) is 4.58. The molecule has 2 N–H and O–H groups in total. The fourth-order valence-corrected chi connectivity index (χ4v) is 4.58. The Morgan fingerprint density at radius 2 is 2.06 bits per heavy atom. The van der Waals surface area contributed by atoms with Crippen LogP contribution in [-0.2, 0) is 18.4 Å². The van der Waals surface area contributed by atoms with E-state index in [-0.39, 0.29) is 11.8 Å². The Morgan fingerprint density at radius 3 is 2.88 bits per heavy atom. The number of nitrogens with one attached hydrogen (secondary N) is 2. The van der Waals surface area contributed by atoms with Crippen molar-refractivity contribution in [3.05, 3.63) is 72.3 Å². The summed E-state index contributed by atoms with van der Waals surface area (Å²) in [5, 5.41) is 4.34. The number of anilines is 1. The van der Waals surface area contributed by atoms with Gasteiger partial charge < -0.3 is 14.9 Å². The first-order valence-corrected chi connectivity index (χ1v) is 11.3. The molecule has 0 saturated carbocycles. The molecular formula is C26H29N5O. The van der Waals surface area contributed by atoms with E-state index in [2.05, 4.69) is 49.0 Å².